The van der Waals surface area contributed by atoms with Crippen molar-refractivity contribution in [1.82, 2.24) is 19.4 Å². The summed E-state index contributed by atoms with van der Waals surface area (Å²) in [5.41, 5.74) is 6.22. The van der Waals surface area contributed by atoms with E-state index in [1.165, 1.54) is 4.40 Å². The lowest BCUT2D eigenvalue weighted by atomic mass is 9.96. The third-order valence-electron chi connectivity index (χ3n) is 2.36. The molecule has 16 heavy (non-hydrogen) atoms. The highest BCUT2D eigenvalue weighted by atomic mass is 16.1. The molecule has 0 saturated heterocycles. The van der Waals surface area contributed by atoms with E-state index in [9.17, 15) is 4.79 Å². The van der Waals surface area contributed by atoms with Crippen LogP contribution in [0.3, 0.4) is 0 Å². The van der Waals surface area contributed by atoms with Crippen LogP contribution in [-0.4, -0.2) is 19.4 Å². The van der Waals surface area contributed by atoms with E-state index in [-0.39, 0.29) is 17.1 Å². The minimum atomic E-state index is -0.298. The van der Waals surface area contributed by atoms with Gasteiger partial charge < -0.3 is 5.73 Å². The van der Waals surface area contributed by atoms with E-state index in [4.69, 9.17) is 5.73 Å². The van der Waals surface area contributed by atoms with Crippen LogP contribution in [0.15, 0.2) is 4.79 Å². The van der Waals surface area contributed by atoms with Crippen molar-refractivity contribution >= 4 is 11.6 Å². The molecule has 86 valence electrons. The molecule has 2 rings (SSSR count). The molecule has 0 atom stereocenters. The van der Waals surface area contributed by atoms with Crippen molar-refractivity contribution in [3.63, 3.8) is 0 Å². The Bertz CT molecular complexity index is 602. The minimum absolute atomic E-state index is 0.112. The van der Waals surface area contributed by atoms with Gasteiger partial charge in [-0.15, -0.1) is 0 Å². The van der Waals surface area contributed by atoms with Crippen LogP contribution in [0.4, 0.5) is 5.95 Å². The average molecular weight is 221 g/mol. The molecular weight excluding hydrogens is 206 g/mol. The zero-order valence-corrected chi connectivity index (χ0v) is 9.83. The molecule has 0 aromatic carbocycles. The number of fused-ring (bicyclic) bond motifs is 1. The highest BCUT2D eigenvalue weighted by Crippen LogP contribution is 2.22. The molecule has 0 aliphatic heterocycles. The molecule has 0 bridgehead atoms. The number of imidazole rings is 1. The zero-order valence-electron chi connectivity index (χ0n) is 9.83. The first-order valence-electron chi connectivity index (χ1n) is 5.06. The predicted molar refractivity (Wildman–Crippen MR) is 61.5 cm³/mol. The fraction of sp³-hybridized carbons (Fsp3) is 0.500. The topological polar surface area (TPSA) is 89.1 Å². The lowest BCUT2D eigenvalue weighted by molar-refractivity contribution is 0.537. The van der Waals surface area contributed by atoms with Crippen LogP contribution < -0.4 is 11.4 Å². The van der Waals surface area contributed by atoms with Crippen LogP contribution in [0.25, 0.3) is 5.65 Å². The van der Waals surface area contributed by atoms with Crippen molar-refractivity contribution in [2.75, 3.05) is 5.73 Å². The standard InChI is InChI=1S/C10H15N5O/c1-5-6-13-8(11)14-9(16)15(6)7(12-5)10(2,3)4/h1-4H3,(H3,11,13,14,16). The Balaban J connectivity index is 2.95. The summed E-state index contributed by atoms with van der Waals surface area (Å²) in [5.74, 6) is 0.801. The molecule has 6 nitrogen and oxygen atoms in total. The first kappa shape index (κ1) is 10.7. The average Bonchev–Trinajstić information content (AvgIpc) is 2.43. The van der Waals surface area contributed by atoms with E-state index in [1.807, 2.05) is 27.7 Å². The second-order valence-electron chi connectivity index (χ2n) is 4.86. The second-order valence-corrected chi connectivity index (χ2v) is 4.86. The Kier molecular flexibility index (Phi) is 2.04. The van der Waals surface area contributed by atoms with Gasteiger partial charge in [0.15, 0.2) is 5.65 Å². The van der Waals surface area contributed by atoms with Crippen LogP contribution in [0.2, 0.25) is 0 Å². The van der Waals surface area contributed by atoms with Gasteiger partial charge in [-0.25, -0.2) is 14.2 Å². The molecule has 0 unspecified atom stereocenters. The van der Waals surface area contributed by atoms with Gasteiger partial charge in [-0.3, -0.25) is 4.98 Å². The van der Waals surface area contributed by atoms with Gasteiger partial charge >= 0.3 is 5.69 Å². The van der Waals surface area contributed by atoms with Gasteiger partial charge in [0.25, 0.3) is 0 Å². The zero-order chi connectivity index (χ0) is 12.1. The van der Waals surface area contributed by atoms with Crippen molar-refractivity contribution in [3.8, 4) is 0 Å². The van der Waals surface area contributed by atoms with E-state index >= 15 is 0 Å². The third kappa shape index (κ3) is 1.46. The Morgan fingerprint density at radius 1 is 1.31 bits per heavy atom. The molecule has 0 saturated carbocycles. The largest absolute Gasteiger partial charge is 0.369 e. The Morgan fingerprint density at radius 2 is 1.94 bits per heavy atom. The quantitative estimate of drug-likeness (QED) is 0.682. The van der Waals surface area contributed by atoms with E-state index in [1.54, 1.807) is 0 Å². The number of aromatic nitrogens is 4. The summed E-state index contributed by atoms with van der Waals surface area (Å²) in [6.07, 6.45) is 0. The van der Waals surface area contributed by atoms with Crippen LogP contribution in [0, 0.1) is 6.92 Å². The number of nitrogens with two attached hydrogens (primary N) is 1. The van der Waals surface area contributed by atoms with Crippen LogP contribution in [-0.2, 0) is 5.41 Å². The number of rotatable bonds is 0. The van der Waals surface area contributed by atoms with E-state index < -0.39 is 0 Å². The summed E-state index contributed by atoms with van der Waals surface area (Å²) in [6, 6.07) is 0. The van der Waals surface area contributed by atoms with Crippen molar-refractivity contribution in [2.45, 2.75) is 33.1 Å². The smallest absolute Gasteiger partial charge is 0.335 e. The Hall–Kier alpha value is -1.85. The number of hydrogen-bond donors (Lipinski definition) is 2. The molecule has 0 fully saturated rings. The van der Waals surface area contributed by atoms with Crippen LogP contribution in [0.1, 0.15) is 32.3 Å². The first-order valence-corrected chi connectivity index (χ1v) is 5.06. The summed E-state index contributed by atoms with van der Waals surface area (Å²) in [4.78, 5) is 22.8. The summed E-state index contributed by atoms with van der Waals surface area (Å²) in [6.45, 7) is 7.81. The molecule has 6 heteroatoms. The minimum Gasteiger partial charge on any atom is -0.369 e. The molecule has 0 radical (unpaired) electrons. The van der Waals surface area contributed by atoms with Crippen molar-refractivity contribution in [3.05, 3.63) is 22.0 Å². The molecule has 3 N–H and O–H groups in total. The van der Waals surface area contributed by atoms with Gasteiger partial charge in [-0.1, -0.05) is 20.8 Å². The number of nitrogen functional groups attached to an aromatic ring is 1. The maximum Gasteiger partial charge on any atom is 0.335 e. The highest BCUT2D eigenvalue weighted by Gasteiger charge is 2.23. The maximum absolute atomic E-state index is 11.8. The summed E-state index contributed by atoms with van der Waals surface area (Å²) in [7, 11) is 0. The molecule has 2 heterocycles. The lowest BCUT2D eigenvalue weighted by Crippen LogP contribution is -2.26. The summed E-state index contributed by atoms with van der Waals surface area (Å²) >= 11 is 0. The molecule has 2 aromatic heterocycles. The molecule has 0 spiro atoms. The van der Waals surface area contributed by atoms with Gasteiger partial charge in [0.05, 0.1) is 5.69 Å². The third-order valence-corrected chi connectivity index (χ3v) is 2.36. The van der Waals surface area contributed by atoms with Crippen molar-refractivity contribution < 1.29 is 0 Å². The van der Waals surface area contributed by atoms with E-state index in [0.29, 0.717) is 17.2 Å². The maximum atomic E-state index is 11.8. The second kappa shape index (κ2) is 3.07. The fourth-order valence-electron chi connectivity index (χ4n) is 1.65. The number of nitrogens with one attached hydrogen (secondary N) is 1. The Morgan fingerprint density at radius 3 is 2.50 bits per heavy atom. The SMILES string of the molecule is Cc1nc(C(C)(C)C)n2c(=O)[nH]c(N)nc12. The van der Waals surface area contributed by atoms with Crippen LogP contribution in [0.5, 0.6) is 0 Å². The van der Waals surface area contributed by atoms with Gasteiger partial charge in [0.1, 0.15) is 5.82 Å². The number of hydrogen-bond acceptors (Lipinski definition) is 4. The molecule has 0 aliphatic rings. The lowest BCUT2D eigenvalue weighted by Gasteiger charge is -2.15. The fourth-order valence-corrected chi connectivity index (χ4v) is 1.65. The van der Waals surface area contributed by atoms with Crippen molar-refractivity contribution in [1.29, 1.82) is 0 Å². The van der Waals surface area contributed by atoms with Gasteiger partial charge in [-0.05, 0) is 6.92 Å². The molecule has 2 aromatic rings. The van der Waals surface area contributed by atoms with Gasteiger partial charge in [0, 0.05) is 5.41 Å². The molecule has 0 aliphatic carbocycles. The number of H-pyrrole nitrogens is 1. The van der Waals surface area contributed by atoms with Gasteiger partial charge in [-0.2, -0.15) is 4.98 Å². The van der Waals surface area contributed by atoms with E-state index in [2.05, 4.69) is 15.0 Å². The van der Waals surface area contributed by atoms with Crippen LogP contribution >= 0.6 is 0 Å². The normalized spacial score (nSPS) is 12.2. The predicted octanol–water partition coefficient (Wildman–Crippen LogP) is 0.606. The van der Waals surface area contributed by atoms with Gasteiger partial charge in [0.2, 0.25) is 5.95 Å². The monoisotopic (exact) mass is 221 g/mol. The molecular formula is C10H15N5O. The number of aryl methyl sites for hydroxylation is 1. The van der Waals surface area contributed by atoms with E-state index in [0.717, 1.165) is 0 Å². The highest BCUT2D eigenvalue weighted by molar-refractivity contribution is 5.47. The molecule has 0 amide bonds. The summed E-state index contributed by atoms with van der Waals surface area (Å²) < 4.78 is 1.48. The number of anilines is 1. The Labute approximate surface area is 92.5 Å². The number of nitrogens with zero attached hydrogens (tertiary/aromatic N) is 3. The van der Waals surface area contributed by atoms with Crippen molar-refractivity contribution in [2.24, 2.45) is 0 Å². The number of aromatic amines is 1. The summed E-state index contributed by atoms with van der Waals surface area (Å²) in [5, 5.41) is 0. The first-order chi connectivity index (χ1) is 7.30.